The van der Waals surface area contributed by atoms with Crippen molar-refractivity contribution in [3.8, 4) is 11.4 Å². The second-order valence-electron chi connectivity index (χ2n) is 8.33. The molecule has 1 fully saturated rings. The molecule has 3 heterocycles. The highest BCUT2D eigenvalue weighted by Gasteiger charge is 2.30. The first-order valence-electron chi connectivity index (χ1n) is 10.8. The highest BCUT2D eigenvalue weighted by Crippen LogP contribution is 2.28. The quantitative estimate of drug-likeness (QED) is 0.503. The van der Waals surface area contributed by atoms with Crippen molar-refractivity contribution in [3.63, 3.8) is 0 Å². The summed E-state index contributed by atoms with van der Waals surface area (Å²) in [6.07, 6.45) is 4.88. The summed E-state index contributed by atoms with van der Waals surface area (Å²) in [7, 11) is -3.71. The van der Waals surface area contributed by atoms with Crippen molar-refractivity contribution < 1.29 is 22.5 Å². The molecule has 0 bridgehead atoms. The number of benzene rings is 1. The third-order valence-electron chi connectivity index (χ3n) is 5.93. The SMILES string of the molecule is Cc1cc(C(=O)OCc2nc(-c3cccnc3)no2)cc(S(=O)(=O)N2CCC(C)CC2)c1C. The van der Waals surface area contributed by atoms with Gasteiger partial charge in [0.05, 0.1) is 10.5 Å². The van der Waals surface area contributed by atoms with Gasteiger partial charge in [0.1, 0.15) is 0 Å². The van der Waals surface area contributed by atoms with E-state index in [9.17, 15) is 13.2 Å². The topological polar surface area (TPSA) is 115 Å². The van der Waals surface area contributed by atoms with Crippen LogP contribution in [0.4, 0.5) is 0 Å². The maximum Gasteiger partial charge on any atom is 0.338 e. The number of aryl methyl sites for hydroxylation is 1. The van der Waals surface area contributed by atoms with Crippen LogP contribution in [0, 0.1) is 19.8 Å². The van der Waals surface area contributed by atoms with Gasteiger partial charge in [-0.1, -0.05) is 12.1 Å². The summed E-state index contributed by atoms with van der Waals surface area (Å²) in [5.74, 6) is 0.304. The second kappa shape index (κ2) is 9.40. The van der Waals surface area contributed by atoms with Crippen LogP contribution in [0.15, 0.2) is 46.1 Å². The Bertz CT molecular complexity index is 1250. The molecular formula is C23H26N4O5S. The number of ether oxygens (including phenoxy) is 1. The van der Waals surface area contributed by atoms with Gasteiger partial charge in [-0.15, -0.1) is 0 Å². The largest absolute Gasteiger partial charge is 0.452 e. The molecule has 1 aliphatic rings. The molecule has 0 radical (unpaired) electrons. The standard InChI is InChI=1S/C23H26N4O5S/c1-15-6-9-27(10-7-15)33(29,30)20-12-19(11-16(2)17(20)3)23(28)31-14-21-25-22(26-32-21)18-5-4-8-24-13-18/h4-5,8,11-13,15H,6-7,9-10,14H2,1-3H3. The molecule has 0 aliphatic carbocycles. The summed E-state index contributed by atoms with van der Waals surface area (Å²) in [4.78, 5) is 21.1. The number of carbonyl (C=O) groups excluding carboxylic acids is 1. The molecule has 174 valence electrons. The van der Waals surface area contributed by atoms with Gasteiger partial charge >= 0.3 is 5.97 Å². The Labute approximate surface area is 192 Å². The van der Waals surface area contributed by atoms with Crippen molar-refractivity contribution in [2.24, 2.45) is 5.92 Å². The molecule has 1 aliphatic heterocycles. The Kier molecular flexibility index (Phi) is 6.57. The third-order valence-corrected chi connectivity index (χ3v) is 7.96. The Balaban J connectivity index is 1.51. The van der Waals surface area contributed by atoms with Gasteiger partial charge in [-0.2, -0.15) is 9.29 Å². The first kappa shape index (κ1) is 23.1. The lowest BCUT2D eigenvalue weighted by molar-refractivity contribution is 0.0429. The van der Waals surface area contributed by atoms with Gasteiger partial charge in [0.25, 0.3) is 5.89 Å². The van der Waals surface area contributed by atoms with Crippen molar-refractivity contribution in [2.75, 3.05) is 13.1 Å². The average Bonchev–Trinajstić information content (AvgIpc) is 3.29. The van der Waals surface area contributed by atoms with Crippen LogP contribution in [0.25, 0.3) is 11.4 Å². The first-order chi connectivity index (χ1) is 15.8. The maximum absolute atomic E-state index is 13.3. The minimum Gasteiger partial charge on any atom is -0.452 e. The van der Waals surface area contributed by atoms with Crippen molar-refractivity contribution >= 4 is 16.0 Å². The van der Waals surface area contributed by atoms with Crippen LogP contribution < -0.4 is 0 Å². The molecule has 4 rings (SSSR count). The Hall–Kier alpha value is -3.11. The van der Waals surface area contributed by atoms with Crippen LogP contribution in [-0.2, 0) is 21.4 Å². The van der Waals surface area contributed by atoms with Gasteiger partial charge in [-0.05, 0) is 68.0 Å². The number of nitrogens with zero attached hydrogens (tertiary/aromatic N) is 4. The van der Waals surface area contributed by atoms with E-state index in [4.69, 9.17) is 9.26 Å². The summed E-state index contributed by atoms with van der Waals surface area (Å²) in [6, 6.07) is 6.56. The molecule has 9 nitrogen and oxygen atoms in total. The van der Waals surface area contributed by atoms with Crippen molar-refractivity contribution in [3.05, 3.63) is 59.2 Å². The zero-order valence-corrected chi connectivity index (χ0v) is 19.6. The summed E-state index contributed by atoms with van der Waals surface area (Å²) >= 11 is 0. The number of rotatable bonds is 6. The summed E-state index contributed by atoms with van der Waals surface area (Å²) in [5.41, 5.74) is 2.16. The zero-order valence-electron chi connectivity index (χ0n) is 18.8. The van der Waals surface area contributed by atoms with E-state index in [-0.39, 0.29) is 23.0 Å². The van der Waals surface area contributed by atoms with E-state index >= 15 is 0 Å². The van der Waals surface area contributed by atoms with E-state index < -0.39 is 16.0 Å². The van der Waals surface area contributed by atoms with E-state index in [0.717, 1.165) is 12.8 Å². The molecule has 10 heteroatoms. The summed E-state index contributed by atoms with van der Waals surface area (Å²) < 4.78 is 38.6. The molecular weight excluding hydrogens is 444 g/mol. The van der Waals surface area contributed by atoms with Crippen LogP contribution >= 0.6 is 0 Å². The fourth-order valence-corrected chi connectivity index (χ4v) is 5.51. The lowest BCUT2D eigenvalue weighted by atomic mass is 10.0. The van der Waals surface area contributed by atoms with Gasteiger partial charge in [0.2, 0.25) is 15.8 Å². The van der Waals surface area contributed by atoms with Gasteiger partial charge in [-0.3, -0.25) is 4.98 Å². The van der Waals surface area contributed by atoms with Crippen LogP contribution in [0.2, 0.25) is 0 Å². The van der Waals surface area contributed by atoms with Crippen LogP contribution in [0.3, 0.4) is 0 Å². The van der Waals surface area contributed by atoms with E-state index in [0.29, 0.717) is 41.5 Å². The van der Waals surface area contributed by atoms with E-state index in [1.165, 1.54) is 10.4 Å². The minimum atomic E-state index is -3.71. The maximum atomic E-state index is 13.3. The second-order valence-corrected chi connectivity index (χ2v) is 10.2. The molecule has 2 aromatic heterocycles. The summed E-state index contributed by atoms with van der Waals surface area (Å²) in [6.45, 7) is 6.38. The molecule has 0 amide bonds. The van der Waals surface area contributed by atoms with Gasteiger partial charge in [0, 0.05) is 31.0 Å². The molecule has 0 spiro atoms. The monoisotopic (exact) mass is 470 g/mol. The Morgan fingerprint density at radius 1 is 1.24 bits per heavy atom. The summed E-state index contributed by atoms with van der Waals surface area (Å²) in [5, 5.41) is 3.86. The smallest absolute Gasteiger partial charge is 0.338 e. The number of piperidine rings is 1. The van der Waals surface area contributed by atoms with Gasteiger partial charge in [-0.25, -0.2) is 13.2 Å². The fourth-order valence-electron chi connectivity index (χ4n) is 3.71. The number of aromatic nitrogens is 3. The highest BCUT2D eigenvalue weighted by molar-refractivity contribution is 7.89. The minimum absolute atomic E-state index is 0.126. The zero-order chi connectivity index (χ0) is 23.6. The van der Waals surface area contributed by atoms with Crippen molar-refractivity contribution in [2.45, 2.75) is 45.1 Å². The van der Waals surface area contributed by atoms with Crippen LogP contribution in [0.1, 0.15) is 47.1 Å². The average molecular weight is 471 g/mol. The Morgan fingerprint density at radius 3 is 2.70 bits per heavy atom. The normalized spacial score (nSPS) is 15.5. The van der Waals surface area contributed by atoms with E-state index in [1.54, 1.807) is 44.4 Å². The van der Waals surface area contributed by atoms with Gasteiger partial charge in [0.15, 0.2) is 6.61 Å². The molecule has 0 atom stereocenters. The van der Waals surface area contributed by atoms with E-state index in [1.807, 2.05) is 0 Å². The number of carbonyl (C=O) groups is 1. The molecule has 1 saturated heterocycles. The van der Waals surface area contributed by atoms with Crippen LogP contribution in [0.5, 0.6) is 0 Å². The number of esters is 1. The predicted octanol–water partition coefficient (Wildman–Crippen LogP) is 3.53. The molecule has 1 aromatic carbocycles. The van der Waals surface area contributed by atoms with Crippen molar-refractivity contribution in [1.82, 2.24) is 19.4 Å². The number of sulfonamides is 1. The lowest BCUT2D eigenvalue weighted by Gasteiger charge is -2.30. The lowest BCUT2D eigenvalue weighted by Crippen LogP contribution is -2.38. The molecule has 0 saturated carbocycles. The number of pyridine rings is 1. The molecule has 33 heavy (non-hydrogen) atoms. The third kappa shape index (κ3) is 4.96. The highest BCUT2D eigenvalue weighted by atomic mass is 32.2. The van der Waals surface area contributed by atoms with Gasteiger partial charge < -0.3 is 9.26 Å². The number of hydrogen-bond donors (Lipinski definition) is 0. The molecule has 0 unspecified atom stereocenters. The molecule has 3 aromatic rings. The number of hydrogen-bond acceptors (Lipinski definition) is 8. The van der Waals surface area contributed by atoms with Crippen molar-refractivity contribution in [1.29, 1.82) is 0 Å². The predicted molar refractivity (Wildman–Crippen MR) is 120 cm³/mol. The molecule has 0 N–H and O–H groups in total. The van der Waals surface area contributed by atoms with E-state index in [2.05, 4.69) is 22.0 Å². The Morgan fingerprint density at radius 2 is 2.00 bits per heavy atom. The van der Waals surface area contributed by atoms with Crippen LogP contribution in [-0.4, -0.2) is 46.9 Å². The fraction of sp³-hybridized carbons (Fsp3) is 0.391. The first-order valence-corrected chi connectivity index (χ1v) is 12.2.